The molecule has 19 heavy (non-hydrogen) atoms. The van der Waals surface area contributed by atoms with Gasteiger partial charge in [0.15, 0.2) is 0 Å². The van der Waals surface area contributed by atoms with E-state index in [1.165, 1.54) is 0 Å². The Morgan fingerprint density at radius 3 is 2.84 bits per heavy atom. The van der Waals surface area contributed by atoms with Crippen LogP contribution >= 0.6 is 0 Å². The Kier molecular flexibility index (Phi) is 3.56. The van der Waals surface area contributed by atoms with Gasteiger partial charge in [-0.15, -0.1) is 0 Å². The van der Waals surface area contributed by atoms with Crippen LogP contribution in [0, 0.1) is 0 Å². The molecule has 0 spiro atoms. The molecule has 0 aromatic carbocycles. The van der Waals surface area contributed by atoms with Crippen molar-refractivity contribution in [3.05, 3.63) is 12.4 Å². The average Bonchev–Trinajstić information content (AvgIpc) is 2.77. The summed E-state index contributed by atoms with van der Waals surface area (Å²) in [5.41, 5.74) is -0.777. The van der Waals surface area contributed by atoms with Gasteiger partial charge in [0.1, 0.15) is 5.60 Å². The van der Waals surface area contributed by atoms with Crippen molar-refractivity contribution in [1.82, 2.24) is 10.2 Å². The summed E-state index contributed by atoms with van der Waals surface area (Å²) in [6.07, 6.45) is 7.14. The van der Waals surface area contributed by atoms with Crippen molar-refractivity contribution in [1.29, 1.82) is 0 Å². The number of likely N-dealkylation sites (tertiary alicyclic amines) is 1. The van der Waals surface area contributed by atoms with Gasteiger partial charge in [0.2, 0.25) is 0 Å². The van der Waals surface area contributed by atoms with Crippen LogP contribution in [0.2, 0.25) is 0 Å². The van der Waals surface area contributed by atoms with Gasteiger partial charge in [0, 0.05) is 25.2 Å². The summed E-state index contributed by atoms with van der Waals surface area (Å²) in [7, 11) is 0. The number of hydrogen-bond acceptors (Lipinski definition) is 4. The zero-order valence-electron chi connectivity index (χ0n) is 12.1. The smallest absolute Gasteiger partial charge is 0.410 e. The zero-order chi connectivity index (χ0) is 14.1. The van der Waals surface area contributed by atoms with Crippen LogP contribution < -0.4 is 5.32 Å². The van der Waals surface area contributed by atoms with E-state index in [1.54, 1.807) is 6.20 Å². The Bertz CT molecular complexity index is 411. The molecule has 0 bridgehead atoms. The van der Waals surface area contributed by atoms with E-state index >= 15 is 0 Å². The zero-order valence-corrected chi connectivity index (χ0v) is 12.1. The number of nitrogens with zero attached hydrogens (tertiary/aromatic N) is 2. The van der Waals surface area contributed by atoms with E-state index in [0.717, 1.165) is 19.4 Å². The van der Waals surface area contributed by atoms with Gasteiger partial charge in [-0.2, -0.15) is 0 Å². The topological polar surface area (TPSA) is 53.9 Å². The van der Waals surface area contributed by atoms with E-state index in [0.29, 0.717) is 0 Å². The second-order valence-corrected chi connectivity index (χ2v) is 6.35. The van der Waals surface area contributed by atoms with E-state index < -0.39 is 5.60 Å². The molecule has 0 aliphatic carbocycles. The van der Waals surface area contributed by atoms with Crippen molar-refractivity contribution in [2.45, 2.75) is 57.7 Å². The fraction of sp³-hybridized carbons (Fsp3) is 0.714. The largest absolute Gasteiger partial charge is 0.444 e. The van der Waals surface area contributed by atoms with E-state index in [1.807, 2.05) is 38.1 Å². The Labute approximate surface area is 114 Å². The lowest BCUT2D eigenvalue weighted by Crippen LogP contribution is -2.58. The van der Waals surface area contributed by atoms with Gasteiger partial charge in [0.05, 0.1) is 11.6 Å². The molecule has 0 radical (unpaired) electrons. The molecule has 1 amide bonds. The summed E-state index contributed by atoms with van der Waals surface area (Å²) in [5, 5.41) is 3.31. The minimum Gasteiger partial charge on any atom is -0.444 e. The summed E-state index contributed by atoms with van der Waals surface area (Å²) in [4.78, 5) is 18.3. The summed E-state index contributed by atoms with van der Waals surface area (Å²) < 4.78 is 5.48. The van der Waals surface area contributed by atoms with E-state index in [2.05, 4.69) is 17.2 Å². The fourth-order valence-corrected chi connectivity index (χ4v) is 2.61. The Hall–Kier alpha value is -1.52. The number of hydrogen-bond donors (Lipinski definition) is 1. The second kappa shape index (κ2) is 4.87. The number of nitrogens with one attached hydrogen (secondary N) is 1. The third-order valence-corrected chi connectivity index (χ3v) is 3.47. The molecule has 5 nitrogen and oxygen atoms in total. The van der Waals surface area contributed by atoms with Crippen molar-refractivity contribution in [2.24, 2.45) is 4.99 Å². The third-order valence-electron chi connectivity index (χ3n) is 3.47. The normalized spacial score (nSPS) is 30.3. The highest BCUT2D eigenvalue weighted by Gasteiger charge is 2.43. The summed E-state index contributed by atoms with van der Waals surface area (Å²) in [6.45, 7) is 8.48. The molecular formula is C14H23N3O2. The number of carbonyl (C=O) groups is 1. The lowest BCUT2D eigenvalue weighted by Gasteiger charge is -2.39. The van der Waals surface area contributed by atoms with Gasteiger partial charge in [-0.1, -0.05) is 0 Å². The molecule has 1 saturated heterocycles. The molecule has 0 aromatic heterocycles. The summed E-state index contributed by atoms with van der Waals surface area (Å²) in [6, 6.07) is 0.0797. The minimum absolute atomic E-state index is 0.0797. The van der Waals surface area contributed by atoms with Crippen LogP contribution in [0.25, 0.3) is 0 Å². The van der Waals surface area contributed by atoms with Crippen molar-refractivity contribution >= 4 is 12.3 Å². The van der Waals surface area contributed by atoms with Gasteiger partial charge < -0.3 is 15.0 Å². The minimum atomic E-state index is -0.459. The molecule has 1 N–H and O–H groups in total. The lowest BCUT2D eigenvalue weighted by molar-refractivity contribution is 0.0184. The number of amides is 1. The Balaban J connectivity index is 2.11. The van der Waals surface area contributed by atoms with Crippen LogP contribution in [-0.2, 0) is 4.74 Å². The Morgan fingerprint density at radius 2 is 2.26 bits per heavy atom. The highest BCUT2D eigenvalue weighted by molar-refractivity contribution is 5.76. The lowest BCUT2D eigenvalue weighted by atomic mass is 9.91. The first-order chi connectivity index (χ1) is 8.82. The van der Waals surface area contributed by atoms with Crippen LogP contribution in [0.15, 0.2) is 17.4 Å². The maximum atomic E-state index is 12.3. The molecule has 2 heterocycles. The average molecular weight is 265 g/mol. The monoisotopic (exact) mass is 265 g/mol. The molecule has 0 unspecified atom stereocenters. The summed E-state index contributed by atoms with van der Waals surface area (Å²) in [5.74, 6) is 0. The fourth-order valence-electron chi connectivity index (χ4n) is 2.61. The van der Waals surface area contributed by atoms with Crippen LogP contribution in [0.3, 0.4) is 0 Å². The first kappa shape index (κ1) is 13.9. The maximum Gasteiger partial charge on any atom is 0.410 e. The molecule has 2 aliphatic heterocycles. The number of carbonyl (C=O) groups excluding carboxylic acids is 1. The number of rotatable bonds is 1. The van der Waals surface area contributed by atoms with E-state index in [4.69, 9.17) is 4.74 Å². The van der Waals surface area contributed by atoms with E-state index in [-0.39, 0.29) is 17.7 Å². The van der Waals surface area contributed by atoms with Gasteiger partial charge in [-0.25, -0.2) is 4.79 Å². The second-order valence-electron chi connectivity index (χ2n) is 6.35. The maximum absolute atomic E-state index is 12.3. The van der Waals surface area contributed by atoms with Crippen molar-refractivity contribution in [3.8, 4) is 0 Å². The molecular weight excluding hydrogens is 242 g/mol. The van der Waals surface area contributed by atoms with Crippen LogP contribution in [0.4, 0.5) is 4.79 Å². The molecule has 106 valence electrons. The molecule has 5 heteroatoms. The first-order valence-corrected chi connectivity index (χ1v) is 6.78. The quantitative estimate of drug-likeness (QED) is 0.791. The number of aliphatic imine (C=N–C) groups is 1. The van der Waals surface area contributed by atoms with E-state index in [9.17, 15) is 4.79 Å². The molecule has 2 atom stereocenters. The highest BCUT2D eigenvalue weighted by atomic mass is 16.6. The van der Waals surface area contributed by atoms with Gasteiger partial charge in [-0.3, -0.25) is 4.99 Å². The molecule has 2 aliphatic rings. The van der Waals surface area contributed by atoms with Gasteiger partial charge >= 0.3 is 6.09 Å². The van der Waals surface area contributed by atoms with Crippen molar-refractivity contribution in [2.75, 3.05) is 6.54 Å². The van der Waals surface area contributed by atoms with Gasteiger partial charge in [0.25, 0.3) is 0 Å². The molecule has 0 saturated carbocycles. The standard InChI is InChI=1S/C14H23N3O2/c1-13(2,3)19-12(18)17-9-5-6-11(17)14(4)10-15-7-8-16-14/h7-8,10-11,16H,5-6,9H2,1-4H3/t11-,14+/m0/s1. The van der Waals surface area contributed by atoms with Crippen molar-refractivity contribution < 1.29 is 9.53 Å². The SMILES string of the molecule is CC(C)(C)OC(=O)N1CCC[C@H]1[C@@]1(C)C=NC=CN1. The summed E-state index contributed by atoms with van der Waals surface area (Å²) >= 11 is 0. The van der Waals surface area contributed by atoms with Gasteiger partial charge in [-0.05, 0) is 40.5 Å². The predicted octanol–water partition coefficient (Wildman–Crippen LogP) is 2.29. The molecule has 1 fully saturated rings. The molecule has 2 rings (SSSR count). The predicted molar refractivity (Wildman–Crippen MR) is 75.1 cm³/mol. The Morgan fingerprint density at radius 1 is 1.53 bits per heavy atom. The third kappa shape index (κ3) is 3.08. The van der Waals surface area contributed by atoms with Crippen LogP contribution in [0.1, 0.15) is 40.5 Å². The van der Waals surface area contributed by atoms with Crippen LogP contribution in [-0.4, -0.2) is 40.9 Å². The highest BCUT2D eigenvalue weighted by Crippen LogP contribution is 2.28. The molecule has 0 aromatic rings. The first-order valence-electron chi connectivity index (χ1n) is 6.78. The van der Waals surface area contributed by atoms with Crippen LogP contribution in [0.5, 0.6) is 0 Å². The van der Waals surface area contributed by atoms with Crippen molar-refractivity contribution in [3.63, 3.8) is 0 Å². The number of ether oxygens (including phenoxy) is 1.